The van der Waals surface area contributed by atoms with Gasteiger partial charge in [-0.3, -0.25) is 4.79 Å². The van der Waals surface area contributed by atoms with Gasteiger partial charge in [-0.1, -0.05) is 96.4 Å². The molecule has 1 aromatic carbocycles. The van der Waals surface area contributed by atoms with Crippen molar-refractivity contribution in [2.75, 3.05) is 13.2 Å². The molecular formula is C32H54NO6P-2. The van der Waals surface area contributed by atoms with Crippen LogP contribution in [0.4, 0.5) is 0 Å². The number of carbonyl (C=O) groups excluding carboxylic acids is 1. The molecule has 7 nitrogen and oxygen atoms in total. The molecule has 0 bridgehead atoms. The highest BCUT2D eigenvalue weighted by Gasteiger charge is 2.14. The number of allylic oxidation sites excluding steroid dienone is 2. The zero-order valence-corrected chi connectivity index (χ0v) is 26.1. The van der Waals surface area contributed by atoms with Crippen LogP contribution in [0.25, 0.3) is 0 Å². The zero-order valence-electron chi connectivity index (χ0n) is 25.2. The van der Waals surface area contributed by atoms with Gasteiger partial charge in [-0.05, 0) is 68.6 Å². The fraction of sp³-hybridized carbons (Fsp3) is 0.719. The fourth-order valence-corrected chi connectivity index (χ4v) is 4.77. The number of benzene rings is 1. The molecule has 0 saturated heterocycles. The van der Waals surface area contributed by atoms with Crippen molar-refractivity contribution in [3.05, 3.63) is 42.0 Å². The van der Waals surface area contributed by atoms with Crippen molar-refractivity contribution >= 4 is 13.7 Å². The number of phosphoric ester groups is 1. The summed E-state index contributed by atoms with van der Waals surface area (Å²) in [7, 11) is -5.13. The first-order valence-corrected chi connectivity index (χ1v) is 17.0. The Bertz CT molecular complexity index is 836. The zero-order chi connectivity index (χ0) is 29.5. The third-order valence-electron chi connectivity index (χ3n) is 6.83. The molecule has 8 heteroatoms. The first-order valence-electron chi connectivity index (χ1n) is 15.5. The highest BCUT2D eigenvalue weighted by atomic mass is 31.2. The Morgan fingerprint density at radius 3 is 2.05 bits per heavy atom. The van der Waals surface area contributed by atoms with Crippen LogP contribution in [0.1, 0.15) is 123 Å². The van der Waals surface area contributed by atoms with Crippen LogP contribution in [0.3, 0.4) is 0 Å². The van der Waals surface area contributed by atoms with Crippen molar-refractivity contribution in [2.45, 2.75) is 130 Å². The highest BCUT2D eigenvalue weighted by molar-refractivity contribution is 7.43. The molecule has 0 spiro atoms. The predicted octanol–water partition coefficient (Wildman–Crippen LogP) is 7.02. The molecule has 40 heavy (non-hydrogen) atoms. The van der Waals surface area contributed by atoms with Crippen molar-refractivity contribution in [2.24, 2.45) is 5.92 Å². The molecule has 0 aliphatic heterocycles. The lowest BCUT2D eigenvalue weighted by Crippen LogP contribution is -2.40. The summed E-state index contributed by atoms with van der Waals surface area (Å²) >= 11 is 0. The Kier molecular flexibility index (Phi) is 20.9. The van der Waals surface area contributed by atoms with E-state index < -0.39 is 13.9 Å². The first kappa shape index (κ1) is 36.4. The summed E-state index contributed by atoms with van der Waals surface area (Å²) < 4.78 is 21.2. The lowest BCUT2D eigenvalue weighted by atomic mass is 10.1. The fourth-order valence-electron chi connectivity index (χ4n) is 4.41. The summed E-state index contributed by atoms with van der Waals surface area (Å²) in [5, 5.41) is 2.85. The SMILES string of the molecule is CCCCCCCC/C=C\CCCCCCCC(=O)N[C@H](COP(=O)([O-])[O-])Cc1ccc(OCCC(C)C)cc1. The molecule has 1 rings (SSSR count). The van der Waals surface area contributed by atoms with Crippen LogP contribution < -0.4 is 19.8 Å². The van der Waals surface area contributed by atoms with E-state index >= 15 is 0 Å². The van der Waals surface area contributed by atoms with Crippen LogP contribution in [0.15, 0.2) is 36.4 Å². The molecule has 0 fully saturated rings. The third kappa shape index (κ3) is 22.1. The van der Waals surface area contributed by atoms with E-state index in [1.54, 1.807) is 0 Å². The van der Waals surface area contributed by atoms with Crippen LogP contribution in [0, 0.1) is 5.92 Å². The Morgan fingerprint density at radius 2 is 1.48 bits per heavy atom. The van der Waals surface area contributed by atoms with E-state index in [9.17, 15) is 19.1 Å². The number of carbonyl (C=O) groups is 1. The summed E-state index contributed by atoms with van der Waals surface area (Å²) in [6.45, 7) is 6.79. The van der Waals surface area contributed by atoms with Gasteiger partial charge in [0.25, 0.3) is 0 Å². The van der Waals surface area contributed by atoms with Gasteiger partial charge in [0.15, 0.2) is 0 Å². The van der Waals surface area contributed by atoms with Crippen LogP contribution in [0.5, 0.6) is 5.75 Å². The summed E-state index contributed by atoms with van der Waals surface area (Å²) in [4.78, 5) is 34.5. The van der Waals surface area contributed by atoms with Gasteiger partial charge in [-0.2, -0.15) is 0 Å². The standard InChI is InChI=1S/C32H56NO6P/c1-4-5-6-7-8-9-10-11-12-13-14-15-16-17-18-19-32(34)33-30(27-39-40(35,36)37)26-29-20-22-31(23-21-29)38-25-24-28(2)3/h11-12,20-23,28,30H,4-10,13-19,24-27H2,1-3H3,(H,33,34)(H2,35,36,37)/p-2/b12-11-/t30-/m0/s1. The van der Waals surface area contributed by atoms with Gasteiger partial charge in [0, 0.05) is 6.42 Å². The predicted molar refractivity (Wildman–Crippen MR) is 160 cm³/mol. The van der Waals surface area contributed by atoms with Gasteiger partial charge < -0.3 is 28.9 Å². The molecule has 0 radical (unpaired) electrons. The van der Waals surface area contributed by atoms with E-state index in [-0.39, 0.29) is 12.5 Å². The van der Waals surface area contributed by atoms with Crippen LogP contribution in [-0.4, -0.2) is 25.2 Å². The van der Waals surface area contributed by atoms with Gasteiger partial charge in [-0.25, -0.2) is 0 Å². The number of rotatable bonds is 25. The number of ether oxygens (including phenoxy) is 1. The van der Waals surface area contributed by atoms with Crippen molar-refractivity contribution < 1.29 is 28.4 Å². The topological polar surface area (TPSA) is 111 Å². The molecule has 1 atom stereocenters. The molecule has 230 valence electrons. The number of amides is 1. The number of unbranched alkanes of at least 4 members (excludes halogenated alkanes) is 11. The summed E-state index contributed by atoms with van der Waals surface area (Å²) in [5.74, 6) is 1.16. The van der Waals surface area contributed by atoms with Gasteiger partial charge in [-0.15, -0.1) is 0 Å². The molecule has 0 aromatic heterocycles. The molecule has 0 saturated carbocycles. The van der Waals surface area contributed by atoms with E-state index in [2.05, 4.69) is 42.8 Å². The summed E-state index contributed by atoms with van der Waals surface area (Å²) in [6.07, 6.45) is 21.8. The van der Waals surface area contributed by atoms with E-state index in [1.807, 2.05) is 24.3 Å². The smallest absolute Gasteiger partial charge is 0.220 e. The number of hydrogen-bond acceptors (Lipinski definition) is 6. The van der Waals surface area contributed by atoms with Crippen molar-refractivity contribution in [1.82, 2.24) is 5.32 Å². The molecule has 1 aromatic rings. The van der Waals surface area contributed by atoms with E-state index in [1.165, 1.54) is 51.4 Å². The average Bonchev–Trinajstić information content (AvgIpc) is 2.90. The first-order chi connectivity index (χ1) is 19.2. The molecule has 1 N–H and O–H groups in total. The average molecular weight is 580 g/mol. The number of phosphoric acid groups is 1. The molecular weight excluding hydrogens is 525 g/mol. The maximum atomic E-state index is 12.5. The van der Waals surface area contributed by atoms with Crippen molar-refractivity contribution in [1.29, 1.82) is 0 Å². The molecule has 0 heterocycles. The maximum Gasteiger partial charge on any atom is 0.220 e. The summed E-state index contributed by atoms with van der Waals surface area (Å²) in [5.41, 5.74) is 0.887. The molecule has 0 aliphatic carbocycles. The van der Waals surface area contributed by atoms with E-state index in [4.69, 9.17) is 4.74 Å². The van der Waals surface area contributed by atoms with Crippen molar-refractivity contribution in [3.63, 3.8) is 0 Å². The Labute approximate surface area is 243 Å². The largest absolute Gasteiger partial charge is 0.790 e. The highest BCUT2D eigenvalue weighted by Crippen LogP contribution is 2.25. The lowest BCUT2D eigenvalue weighted by molar-refractivity contribution is -0.342. The number of nitrogens with one attached hydrogen (secondary N) is 1. The number of hydrogen-bond donors (Lipinski definition) is 1. The quantitative estimate of drug-likeness (QED) is 0.0757. The van der Waals surface area contributed by atoms with E-state index in [0.29, 0.717) is 25.4 Å². The second-order valence-electron chi connectivity index (χ2n) is 11.2. The minimum atomic E-state index is -5.13. The third-order valence-corrected chi connectivity index (χ3v) is 7.30. The Morgan fingerprint density at radius 1 is 0.900 bits per heavy atom. The Balaban J connectivity index is 2.27. The van der Waals surface area contributed by atoms with Crippen molar-refractivity contribution in [3.8, 4) is 5.75 Å². The minimum absolute atomic E-state index is 0.161. The molecule has 1 amide bonds. The second-order valence-corrected chi connectivity index (χ2v) is 12.4. The normalized spacial score (nSPS) is 12.8. The second kappa shape index (κ2) is 23.0. The molecule has 0 unspecified atom stereocenters. The monoisotopic (exact) mass is 579 g/mol. The van der Waals surface area contributed by atoms with Gasteiger partial charge in [0.05, 0.1) is 27.1 Å². The van der Waals surface area contributed by atoms with Crippen LogP contribution in [-0.2, 0) is 20.3 Å². The Hall–Kier alpha value is -1.66. The minimum Gasteiger partial charge on any atom is -0.790 e. The van der Waals surface area contributed by atoms with Crippen LogP contribution in [0.2, 0.25) is 0 Å². The maximum absolute atomic E-state index is 12.5. The summed E-state index contributed by atoms with van der Waals surface area (Å²) in [6, 6.07) is 6.85. The van der Waals surface area contributed by atoms with Gasteiger partial charge in [0.1, 0.15) is 5.75 Å². The van der Waals surface area contributed by atoms with Gasteiger partial charge >= 0.3 is 0 Å². The van der Waals surface area contributed by atoms with Crippen LogP contribution >= 0.6 is 7.82 Å². The van der Waals surface area contributed by atoms with E-state index in [0.717, 1.165) is 49.8 Å². The molecule has 0 aliphatic rings. The van der Waals surface area contributed by atoms with Gasteiger partial charge in [0.2, 0.25) is 5.91 Å². The lowest BCUT2D eigenvalue weighted by Gasteiger charge is -2.31.